The van der Waals surface area contributed by atoms with Crippen LogP contribution in [-0.2, 0) is 29.6 Å². The molecule has 10 heteroatoms. The minimum absolute atomic E-state index is 0.0734. The van der Waals surface area contributed by atoms with Crippen molar-refractivity contribution in [2.75, 3.05) is 6.61 Å². The molecule has 3 aromatic rings. The number of pyridine rings is 1. The van der Waals surface area contributed by atoms with Crippen LogP contribution >= 0.6 is 0 Å². The van der Waals surface area contributed by atoms with Crippen molar-refractivity contribution in [3.63, 3.8) is 0 Å². The third kappa shape index (κ3) is 7.55. The molecule has 0 spiro atoms. The Balaban J connectivity index is 1.58. The number of nitrogens with zero attached hydrogens (tertiary/aromatic N) is 2. The quantitative estimate of drug-likeness (QED) is 0.236. The predicted molar refractivity (Wildman–Crippen MR) is 127 cm³/mol. The number of rotatable bonds is 13. The van der Waals surface area contributed by atoms with Crippen molar-refractivity contribution in [2.45, 2.75) is 52.0 Å². The van der Waals surface area contributed by atoms with Gasteiger partial charge in [0.1, 0.15) is 5.75 Å². The van der Waals surface area contributed by atoms with E-state index in [-0.39, 0.29) is 36.9 Å². The SMILES string of the molecule is C[C@@H](CC(=O)O)CC(=O)c1c(CCCCOCc2cccc(OC(F)(F)F)c2)n(C)c2cnccc12. The Labute approximate surface area is 206 Å². The van der Waals surface area contributed by atoms with E-state index >= 15 is 0 Å². The van der Waals surface area contributed by atoms with Crippen LogP contribution < -0.4 is 4.74 Å². The van der Waals surface area contributed by atoms with Crippen LogP contribution in [0.5, 0.6) is 5.75 Å². The summed E-state index contributed by atoms with van der Waals surface area (Å²) in [6.45, 7) is 2.30. The molecule has 36 heavy (non-hydrogen) atoms. The number of fused-ring (bicyclic) bond motifs is 1. The van der Waals surface area contributed by atoms with E-state index in [4.69, 9.17) is 9.84 Å². The number of carbonyl (C=O) groups is 2. The van der Waals surface area contributed by atoms with Gasteiger partial charge in [0.05, 0.1) is 18.3 Å². The van der Waals surface area contributed by atoms with Gasteiger partial charge in [-0.15, -0.1) is 13.2 Å². The van der Waals surface area contributed by atoms with E-state index in [0.29, 0.717) is 30.6 Å². The number of ether oxygens (including phenoxy) is 2. The number of benzene rings is 1. The average Bonchev–Trinajstić information content (AvgIpc) is 3.06. The Morgan fingerprint density at radius 1 is 1.17 bits per heavy atom. The van der Waals surface area contributed by atoms with E-state index in [9.17, 15) is 22.8 Å². The van der Waals surface area contributed by atoms with Gasteiger partial charge < -0.3 is 19.1 Å². The van der Waals surface area contributed by atoms with E-state index in [1.807, 2.05) is 11.6 Å². The zero-order valence-corrected chi connectivity index (χ0v) is 20.2. The van der Waals surface area contributed by atoms with Gasteiger partial charge in [-0.05, 0) is 48.9 Å². The first-order valence-electron chi connectivity index (χ1n) is 11.6. The third-order valence-electron chi connectivity index (χ3n) is 5.81. The van der Waals surface area contributed by atoms with E-state index < -0.39 is 12.3 Å². The lowest BCUT2D eigenvalue weighted by Gasteiger charge is -2.11. The van der Waals surface area contributed by atoms with Gasteiger partial charge >= 0.3 is 12.3 Å². The molecule has 0 fully saturated rings. The number of carboxylic acid groups (broad SMARTS) is 1. The minimum atomic E-state index is -4.74. The Bertz CT molecular complexity index is 1210. The van der Waals surface area contributed by atoms with Crippen molar-refractivity contribution < 1.29 is 37.3 Å². The Morgan fingerprint density at radius 3 is 2.67 bits per heavy atom. The molecule has 0 bridgehead atoms. The van der Waals surface area contributed by atoms with Crippen molar-refractivity contribution >= 4 is 22.7 Å². The van der Waals surface area contributed by atoms with Crippen LogP contribution in [0.25, 0.3) is 10.9 Å². The summed E-state index contributed by atoms with van der Waals surface area (Å²) in [7, 11) is 1.88. The van der Waals surface area contributed by atoms with Gasteiger partial charge in [0.2, 0.25) is 0 Å². The Morgan fingerprint density at radius 2 is 1.94 bits per heavy atom. The molecule has 3 rings (SSSR count). The molecule has 0 saturated carbocycles. The van der Waals surface area contributed by atoms with Crippen LogP contribution in [0.2, 0.25) is 0 Å². The smallest absolute Gasteiger partial charge is 0.481 e. The highest BCUT2D eigenvalue weighted by Crippen LogP contribution is 2.29. The number of aryl methyl sites for hydroxylation is 1. The third-order valence-corrected chi connectivity index (χ3v) is 5.81. The van der Waals surface area contributed by atoms with Crippen LogP contribution in [-0.4, -0.2) is 39.4 Å². The molecule has 0 aliphatic rings. The molecular formula is C26H29F3N2O5. The summed E-state index contributed by atoms with van der Waals surface area (Å²) in [5.74, 6) is -1.60. The topological polar surface area (TPSA) is 90.6 Å². The van der Waals surface area contributed by atoms with Gasteiger partial charge in [0.25, 0.3) is 0 Å². The van der Waals surface area contributed by atoms with Crippen LogP contribution in [0.4, 0.5) is 13.2 Å². The van der Waals surface area contributed by atoms with Crippen molar-refractivity contribution in [1.29, 1.82) is 0 Å². The molecule has 0 aliphatic heterocycles. The molecule has 194 valence electrons. The number of unbranched alkanes of at least 4 members (excludes halogenated alkanes) is 1. The Hall–Kier alpha value is -3.40. The molecular weight excluding hydrogens is 477 g/mol. The zero-order chi connectivity index (χ0) is 26.3. The number of hydrogen-bond donors (Lipinski definition) is 1. The van der Waals surface area contributed by atoms with E-state index in [2.05, 4.69) is 9.72 Å². The molecule has 7 nitrogen and oxygen atoms in total. The minimum Gasteiger partial charge on any atom is -0.481 e. The van der Waals surface area contributed by atoms with Crippen LogP contribution in [0.1, 0.15) is 54.2 Å². The molecule has 1 aromatic carbocycles. The van der Waals surface area contributed by atoms with Crippen molar-refractivity contribution in [2.24, 2.45) is 13.0 Å². The number of ketones is 1. The fourth-order valence-electron chi connectivity index (χ4n) is 4.25. The summed E-state index contributed by atoms with van der Waals surface area (Å²) in [5.41, 5.74) is 2.87. The lowest BCUT2D eigenvalue weighted by atomic mass is 9.94. The molecule has 2 aromatic heterocycles. The van der Waals surface area contributed by atoms with E-state index in [0.717, 1.165) is 23.0 Å². The average molecular weight is 507 g/mol. The molecule has 0 amide bonds. The second-order valence-electron chi connectivity index (χ2n) is 8.81. The van der Waals surface area contributed by atoms with Gasteiger partial charge in [0.15, 0.2) is 5.78 Å². The van der Waals surface area contributed by atoms with Gasteiger partial charge in [-0.3, -0.25) is 14.6 Å². The first-order valence-corrected chi connectivity index (χ1v) is 11.6. The normalized spacial score (nSPS) is 12.6. The van der Waals surface area contributed by atoms with Crippen LogP contribution in [0, 0.1) is 5.92 Å². The highest BCUT2D eigenvalue weighted by Gasteiger charge is 2.31. The molecule has 0 saturated heterocycles. The van der Waals surface area contributed by atoms with Crippen LogP contribution in [0.3, 0.4) is 0 Å². The van der Waals surface area contributed by atoms with Gasteiger partial charge in [-0.2, -0.15) is 0 Å². The van der Waals surface area contributed by atoms with Crippen molar-refractivity contribution in [3.05, 3.63) is 59.5 Å². The lowest BCUT2D eigenvalue weighted by molar-refractivity contribution is -0.274. The summed E-state index contributed by atoms with van der Waals surface area (Å²) in [4.78, 5) is 28.3. The van der Waals surface area contributed by atoms with Crippen molar-refractivity contribution in [3.8, 4) is 5.75 Å². The highest BCUT2D eigenvalue weighted by atomic mass is 19.4. The predicted octanol–water partition coefficient (Wildman–Crippen LogP) is 5.70. The maximum atomic E-state index is 13.2. The number of aliphatic carboxylic acids is 1. The summed E-state index contributed by atoms with van der Waals surface area (Å²) in [6.07, 6.45) is 0.671. The lowest BCUT2D eigenvalue weighted by Crippen LogP contribution is -2.17. The van der Waals surface area contributed by atoms with Gasteiger partial charge in [-0.1, -0.05) is 19.1 Å². The molecule has 1 atom stereocenters. The first-order chi connectivity index (χ1) is 17.0. The maximum absolute atomic E-state index is 13.2. The number of aromatic nitrogens is 2. The number of Topliss-reactive ketones (excluding diaryl/α,β-unsaturated/α-hetero) is 1. The monoisotopic (exact) mass is 506 g/mol. The zero-order valence-electron chi connectivity index (χ0n) is 20.2. The van der Waals surface area contributed by atoms with Gasteiger partial charge in [0, 0.05) is 49.3 Å². The number of hydrogen-bond acceptors (Lipinski definition) is 5. The largest absolute Gasteiger partial charge is 0.573 e. The molecule has 1 N–H and O–H groups in total. The first kappa shape index (κ1) is 27.2. The maximum Gasteiger partial charge on any atom is 0.573 e. The summed E-state index contributed by atoms with van der Waals surface area (Å²) in [5, 5.41) is 9.83. The standard InChI is InChI=1S/C26H29F3N2O5/c1-17(13-24(33)34)12-23(32)25-20-9-10-30-15-22(20)31(2)21(25)8-3-4-11-35-16-18-6-5-7-19(14-18)36-26(27,28)29/h5-7,9-10,14-15,17H,3-4,8,11-13,16H2,1-2H3,(H,33,34)/t17-/m1/s1. The number of halogens is 3. The number of carboxylic acids is 1. The molecule has 0 unspecified atom stereocenters. The summed E-state index contributed by atoms with van der Waals surface area (Å²) < 4.78 is 48.7. The van der Waals surface area contributed by atoms with Crippen LogP contribution in [0.15, 0.2) is 42.7 Å². The van der Waals surface area contributed by atoms with E-state index in [1.54, 1.807) is 31.5 Å². The van der Waals surface area contributed by atoms with Gasteiger partial charge in [-0.25, -0.2) is 0 Å². The Kier molecular flexibility index (Phi) is 9.08. The highest BCUT2D eigenvalue weighted by molar-refractivity contribution is 6.09. The second-order valence-corrected chi connectivity index (χ2v) is 8.81. The summed E-state index contributed by atoms with van der Waals surface area (Å²) in [6, 6.07) is 7.46. The molecule has 0 radical (unpaired) electrons. The summed E-state index contributed by atoms with van der Waals surface area (Å²) >= 11 is 0. The van der Waals surface area contributed by atoms with E-state index in [1.165, 1.54) is 18.2 Å². The van der Waals surface area contributed by atoms with Crippen molar-refractivity contribution in [1.82, 2.24) is 9.55 Å². The number of carbonyl (C=O) groups excluding carboxylic acids is 1. The second kappa shape index (κ2) is 12.0. The molecule has 2 heterocycles. The fourth-order valence-corrected chi connectivity index (χ4v) is 4.25. The fraction of sp³-hybridized carbons (Fsp3) is 0.423. The molecule has 0 aliphatic carbocycles. The number of alkyl halides is 3.